The van der Waals surface area contributed by atoms with E-state index < -0.39 is 23.3 Å². The zero-order valence-corrected chi connectivity index (χ0v) is 18.9. The van der Waals surface area contributed by atoms with Gasteiger partial charge in [0.05, 0.1) is 41.5 Å². The molecule has 2 aliphatic heterocycles. The molecule has 3 aromatic carbocycles. The summed E-state index contributed by atoms with van der Waals surface area (Å²) in [5, 5.41) is 30.1. The van der Waals surface area contributed by atoms with Gasteiger partial charge in [0.2, 0.25) is 0 Å². The maximum atomic E-state index is 13.1. The molecule has 0 radical (unpaired) electrons. The second-order valence-electron chi connectivity index (χ2n) is 7.50. The lowest BCUT2D eigenvalue weighted by atomic mass is 9.77. The molecule has 34 heavy (non-hydrogen) atoms. The number of carboxylic acids is 1. The van der Waals surface area contributed by atoms with Crippen LogP contribution in [0.1, 0.15) is 37.4 Å². The maximum absolute atomic E-state index is 13.1. The van der Waals surface area contributed by atoms with Crippen LogP contribution in [0.15, 0.2) is 30.3 Å². The first-order valence-electron chi connectivity index (χ1n) is 9.64. The Labute approximate surface area is 201 Å². The Morgan fingerprint density at radius 3 is 2.29 bits per heavy atom. The smallest absolute Gasteiger partial charge is 0.341 e. The summed E-state index contributed by atoms with van der Waals surface area (Å²) in [5.74, 6) is -2.90. The number of hydrogen-bond acceptors (Lipinski definition) is 8. The summed E-state index contributed by atoms with van der Waals surface area (Å²) in [6.45, 7) is 0. The zero-order chi connectivity index (χ0) is 24.5. The fraction of sp³-hybridized carbons (Fsp3) is 0.130. The van der Waals surface area contributed by atoms with Crippen LogP contribution >= 0.6 is 23.2 Å². The normalized spacial score (nSPS) is 17.4. The minimum Gasteiger partial charge on any atom is -0.504 e. The predicted octanol–water partition coefficient (Wildman–Crippen LogP) is 4.69. The molecule has 2 aliphatic rings. The highest BCUT2D eigenvalue weighted by Gasteiger charge is 2.56. The average Bonchev–Trinajstić information content (AvgIpc) is 3.09. The summed E-state index contributed by atoms with van der Waals surface area (Å²) in [4.78, 5) is 24.9. The van der Waals surface area contributed by atoms with Crippen molar-refractivity contribution in [3.05, 3.63) is 68.2 Å². The maximum Gasteiger partial charge on any atom is 0.341 e. The Kier molecular flexibility index (Phi) is 4.75. The second-order valence-corrected chi connectivity index (χ2v) is 8.28. The van der Waals surface area contributed by atoms with Crippen LogP contribution in [0, 0.1) is 0 Å². The Morgan fingerprint density at radius 1 is 0.971 bits per heavy atom. The summed E-state index contributed by atoms with van der Waals surface area (Å²) in [7, 11) is 2.63. The zero-order valence-electron chi connectivity index (χ0n) is 17.4. The van der Waals surface area contributed by atoms with Crippen LogP contribution < -0.4 is 14.2 Å². The van der Waals surface area contributed by atoms with E-state index >= 15 is 0 Å². The number of methoxy groups -OCH3 is 2. The van der Waals surface area contributed by atoms with Crippen LogP contribution in [0.2, 0.25) is 10.0 Å². The van der Waals surface area contributed by atoms with Crippen molar-refractivity contribution in [1.29, 1.82) is 0 Å². The number of esters is 1. The molecular weight excluding hydrogens is 491 g/mol. The van der Waals surface area contributed by atoms with Gasteiger partial charge in [0.15, 0.2) is 34.3 Å². The summed E-state index contributed by atoms with van der Waals surface area (Å²) in [6, 6.07) is 6.39. The Hall–Kier alpha value is -3.82. The number of phenols is 2. The molecule has 1 atom stereocenters. The van der Waals surface area contributed by atoms with Gasteiger partial charge in [-0.15, -0.1) is 0 Å². The highest BCUT2D eigenvalue weighted by atomic mass is 35.5. The van der Waals surface area contributed by atoms with E-state index in [4.69, 9.17) is 42.1 Å². The third-order valence-corrected chi connectivity index (χ3v) is 6.45. The van der Waals surface area contributed by atoms with Gasteiger partial charge in [-0.25, -0.2) is 9.59 Å². The first-order chi connectivity index (χ1) is 16.1. The molecule has 1 spiro atoms. The second kappa shape index (κ2) is 7.34. The van der Waals surface area contributed by atoms with Crippen LogP contribution in [0.25, 0.3) is 0 Å². The number of carboxylic acid groups (broad SMARTS) is 1. The number of carbonyl (C=O) groups is 2. The molecule has 3 aromatic rings. The third kappa shape index (κ3) is 2.74. The van der Waals surface area contributed by atoms with Crippen LogP contribution in [-0.2, 0) is 10.3 Å². The highest BCUT2D eigenvalue weighted by molar-refractivity contribution is 6.35. The molecule has 0 aromatic heterocycles. The molecule has 9 nitrogen and oxygen atoms in total. The Morgan fingerprint density at radius 2 is 1.65 bits per heavy atom. The monoisotopic (exact) mass is 504 g/mol. The Bertz CT molecular complexity index is 1430. The lowest BCUT2D eigenvalue weighted by Crippen LogP contribution is -2.33. The van der Waals surface area contributed by atoms with Crippen molar-refractivity contribution in [1.82, 2.24) is 0 Å². The van der Waals surface area contributed by atoms with Crippen molar-refractivity contribution in [2.24, 2.45) is 0 Å². The molecule has 11 heteroatoms. The molecule has 2 heterocycles. The van der Waals surface area contributed by atoms with E-state index in [0.29, 0.717) is 0 Å². The topological polar surface area (TPSA) is 132 Å². The van der Waals surface area contributed by atoms with Gasteiger partial charge in [-0.3, -0.25) is 0 Å². The van der Waals surface area contributed by atoms with Crippen molar-refractivity contribution in [3.8, 4) is 34.5 Å². The fourth-order valence-electron chi connectivity index (χ4n) is 4.30. The van der Waals surface area contributed by atoms with Crippen molar-refractivity contribution >= 4 is 35.1 Å². The van der Waals surface area contributed by atoms with Crippen molar-refractivity contribution in [3.63, 3.8) is 0 Å². The number of phenolic OH excluding ortho intramolecular Hbond substituents is 2. The number of benzene rings is 3. The molecule has 3 N–H and O–H groups in total. The number of carbonyl (C=O) groups excluding carboxylic acids is 1. The third-order valence-electron chi connectivity index (χ3n) is 5.80. The molecule has 0 aliphatic carbocycles. The fourth-order valence-corrected chi connectivity index (χ4v) is 4.83. The summed E-state index contributed by atoms with van der Waals surface area (Å²) in [6.07, 6.45) is 0. The van der Waals surface area contributed by atoms with Gasteiger partial charge in [0.1, 0.15) is 10.8 Å². The standard InChI is InChI=1S/C23H14Cl2O9/c1-31-15-5-9-14(7-13(15)26)33-20-11(6-16(32-2)19(27)18(20)25)23(9)10-3-8(21(28)29)4-12(24)17(10)22(30)34-23/h3-7,26-27H,1-2H3,(H,28,29). The summed E-state index contributed by atoms with van der Waals surface area (Å²) < 4.78 is 22.3. The van der Waals surface area contributed by atoms with E-state index in [-0.39, 0.29) is 66.6 Å². The van der Waals surface area contributed by atoms with Gasteiger partial charge in [-0.05, 0) is 24.3 Å². The summed E-state index contributed by atoms with van der Waals surface area (Å²) >= 11 is 12.7. The van der Waals surface area contributed by atoms with Crippen molar-refractivity contribution in [2.75, 3.05) is 14.2 Å². The van der Waals surface area contributed by atoms with Crippen LogP contribution in [0.5, 0.6) is 34.5 Å². The lowest BCUT2D eigenvalue weighted by Gasteiger charge is -2.37. The molecule has 1 unspecified atom stereocenters. The number of halogens is 2. The van der Waals surface area contributed by atoms with Gasteiger partial charge in [-0.1, -0.05) is 23.2 Å². The first-order valence-corrected chi connectivity index (χ1v) is 10.4. The first kappa shape index (κ1) is 22.0. The van der Waals surface area contributed by atoms with Gasteiger partial charge >= 0.3 is 11.9 Å². The molecule has 0 fully saturated rings. The summed E-state index contributed by atoms with van der Waals surface area (Å²) in [5.41, 5.74) is -1.64. The van der Waals surface area contributed by atoms with E-state index in [1.165, 1.54) is 38.5 Å². The SMILES string of the molecule is COc1cc2c(cc1O)Oc1c(cc(OC)c(O)c1Cl)C21OC(=O)c2c(Cl)cc(C(=O)O)cc21. The largest absolute Gasteiger partial charge is 0.504 e. The van der Waals surface area contributed by atoms with Gasteiger partial charge in [0.25, 0.3) is 0 Å². The van der Waals surface area contributed by atoms with Crippen LogP contribution in [0.4, 0.5) is 0 Å². The quantitative estimate of drug-likeness (QED) is 0.434. The lowest BCUT2D eigenvalue weighted by molar-refractivity contribution is 0.0222. The Balaban J connectivity index is 1.98. The molecular formula is C23H14Cl2O9. The van der Waals surface area contributed by atoms with E-state index in [1.54, 1.807) is 0 Å². The minimum absolute atomic E-state index is 0.0229. The van der Waals surface area contributed by atoms with Gasteiger partial charge in [-0.2, -0.15) is 0 Å². The highest BCUT2D eigenvalue weighted by Crippen LogP contribution is 2.62. The number of aromatic hydroxyl groups is 2. The number of aromatic carboxylic acids is 1. The average molecular weight is 505 g/mol. The van der Waals surface area contributed by atoms with E-state index in [9.17, 15) is 24.9 Å². The van der Waals surface area contributed by atoms with E-state index in [1.807, 2.05) is 0 Å². The van der Waals surface area contributed by atoms with Crippen molar-refractivity contribution < 1.29 is 43.9 Å². The van der Waals surface area contributed by atoms with Gasteiger partial charge in [0, 0.05) is 11.6 Å². The number of rotatable bonds is 3. The molecule has 174 valence electrons. The minimum atomic E-state index is -1.82. The number of ether oxygens (including phenoxy) is 4. The van der Waals surface area contributed by atoms with Crippen molar-refractivity contribution in [2.45, 2.75) is 5.60 Å². The number of fused-ring (bicyclic) bond motifs is 6. The van der Waals surface area contributed by atoms with E-state index in [0.717, 1.165) is 6.07 Å². The molecule has 0 saturated carbocycles. The van der Waals surface area contributed by atoms with Crippen LogP contribution in [0.3, 0.4) is 0 Å². The predicted molar refractivity (Wildman–Crippen MR) is 118 cm³/mol. The van der Waals surface area contributed by atoms with E-state index in [2.05, 4.69) is 0 Å². The number of hydrogen-bond donors (Lipinski definition) is 3. The van der Waals surface area contributed by atoms with Crippen LogP contribution in [-0.4, -0.2) is 41.5 Å². The molecule has 0 bridgehead atoms. The molecule has 0 amide bonds. The molecule has 5 rings (SSSR count). The van der Waals surface area contributed by atoms with Gasteiger partial charge < -0.3 is 34.3 Å². The molecule has 0 saturated heterocycles.